The monoisotopic (exact) mass is 577 g/mol. The molecule has 2 amide bonds. The third kappa shape index (κ3) is 8.16. The molecule has 2 rings (SSSR count). The molecule has 36 heavy (non-hydrogen) atoms. The molecule has 8 nitrogen and oxygen atoms in total. The number of rotatable bonds is 12. The predicted octanol–water partition coefficient (Wildman–Crippen LogP) is 4.76. The Hall–Kier alpha value is -2.20. The van der Waals surface area contributed by atoms with Crippen molar-refractivity contribution in [3.63, 3.8) is 0 Å². The second-order valence-electron chi connectivity index (χ2n) is 8.17. The molecule has 0 spiro atoms. The molecule has 0 saturated carbocycles. The molecule has 0 aliphatic rings. The quantitative estimate of drug-likeness (QED) is 0.367. The number of benzene rings is 2. The van der Waals surface area contributed by atoms with Crippen LogP contribution in [0.1, 0.15) is 32.3 Å². The van der Waals surface area contributed by atoms with E-state index in [1.165, 1.54) is 36.3 Å². The van der Waals surface area contributed by atoms with E-state index in [1.54, 1.807) is 19.1 Å². The van der Waals surface area contributed by atoms with Crippen molar-refractivity contribution in [3.8, 4) is 5.75 Å². The molecule has 198 valence electrons. The maximum absolute atomic E-state index is 13.6. The average Bonchev–Trinajstić information content (AvgIpc) is 2.80. The van der Waals surface area contributed by atoms with Crippen molar-refractivity contribution in [3.05, 3.63) is 57.0 Å². The highest BCUT2D eigenvalue weighted by Gasteiger charge is 2.30. The van der Waals surface area contributed by atoms with Gasteiger partial charge in [-0.1, -0.05) is 54.2 Å². The number of sulfonamides is 1. The van der Waals surface area contributed by atoms with Crippen LogP contribution in [-0.4, -0.2) is 57.6 Å². The second kappa shape index (κ2) is 13.4. The third-order valence-electron chi connectivity index (χ3n) is 5.46. The number of nitrogens with zero attached hydrogens (tertiary/aromatic N) is 2. The van der Waals surface area contributed by atoms with Gasteiger partial charge in [0.15, 0.2) is 0 Å². The highest BCUT2D eigenvalue weighted by atomic mass is 35.5. The summed E-state index contributed by atoms with van der Waals surface area (Å²) in [6, 6.07) is 8.31. The van der Waals surface area contributed by atoms with Crippen LogP contribution in [0.25, 0.3) is 0 Å². The molecule has 0 aromatic heterocycles. The molecule has 12 heteroatoms. The van der Waals surface area contributed by atoms with Crippen LogP contribution < -0.4 is 14.4 Å². The normalized spacial score (nSPS) is 12.1. The van der Waals surface area contributed by atoms with E-state index >= 15 is 0 Å². The van der Waals surface area contributed by atoms with Crippen molar-refractivity contribution in [1.82, 2.24) is 10.2 Å². The Kier molecular flexibility index (Phi) is 11.2. The smallest absolute Gasteiger partial charge is 0.244 e. The van der Waals surface area contributed by atoms with E-state index in [4.69, 9.17) is 39.5 Å². The van der Waals surface area contributed by atoms with Crippen LogP contribution >= 0.6 is 34.8 Å². The third-order valence-corrected chi connectivity index (χ3v) is 7.48. The van der Waals surface area contributed by atoms with Gasteiger partial charge in [-0.2, -0.15) is 0 Å². The molecule has 0 aliphatic carbocycles. The van der Waals surface area contributed by atoms with Gasteiger partial charge >= 0.3 is 0 Å². The first kappa shape index (κ1) is 30.0. The van der Waals surface area contributed by atoms with Crippen LogP contribution in [0.15, 0.2) is 36.4 Å². The van der Waals surface area contributed by atoms with Gasteiger partial charge in [-0.15, -0.1) is 0 Å². The summed E-state index contributed by atoms with van der Waals surface area (Å²) < 4.78 is 31.4. The Bertz CT molecular complexity index is 1190. The molecular formula is C24H30Cl3N3O5S. The molecule has 0 heterocycles. The summed E-state index contributed by atoms with van der Waals surface area (Å²) in [6.07, 6.45) is 2.67. The molecule has 2 aromatic carbocycles. The van der Waals surface area contributed by atoms with Crippen molar-refractivity contribution in [2.24, 2.45) is 0 Å². The fraction of sp³-hybridized carbons (Fsp3) is 0.417. The molecule has 0 radical (unpaired) electrons. The second-order valence-corrected chi connectivity index (χ2v) is 11.3. The van der Waals surface area contributed by atoms with Crippen molar-refractivity contribution in [1.29, 1.82) is 0 Å². The summed E-state index contributed by atoms with van der Waals surface area (Å²) in [4.78, 5) is 27.7. The van der Waals surface area contributed by atoms with E-state index in [-0.39, 0.29) is 23.2 Å². The first-order chi connectivity index (χ1) is 16.9. The largest absolute Gasteiger partial charge is 0.495 e. The SMILES string of the molecule is CCCCNC(=O)C(C)N(Cc1ccc(Cl)cc1Cl)C(=O)CN(c1ccc(OC)c(Cl)c1)S(C)(=O)=O. The number of nitrogens with one attached hydrogen (secondary N) is 1. The molecule has 0 aliphatic heterocycles. The molecule has 1 unspecified atom stereocenters. The summed E-state index contributed by atoms with van der Waals surface area (Å²) in [5.41, 5.74) is 0.738. The highest BCUT2D eigenvalue weighted by molar-refractivity contribution is 7.92. The van der Waals surface area contributed by atoms with Gasteiger partial charge in [0.2, 0.25) is 21.8 Å². The molecule has 0 fully saturated rings. The van der Waals surface area contributed by atoms with E-state index in [9.17, 15) is 18.0 Å². The van der Waals surface area contributed by atoms with Crippen LogP contribution in [0.4, 0.5) is 5.69 Å². The summed E-state index contributed by atoms with van der Waals surface area (Å²) in [5, 5.41) is 3.74. The Morgan fingerprint density at radius 1 is 1.08 bits per heavy atom. The lowest BCUT2D eigenvalue weighted by atomic mass is 10.1. The summed E-state index contributed by atoms with van der Waals surface area (Å²) in [5.74, 6) is -0.603. The Morgan fingerprint density at radius 2 is 1.78 bits per heavy atom. The number of ether oxygens (including phenoxy) is 1. The number of unbranched alkanes of at least 4 members (excludes halogenated alkanes) is 1. The number of carbonyl (C=O) groups excluding carboxylic acids is 2. The van der Waals surface area contributed by atoms with Crippen LogP contribution in [0.3, 0.4) is 0 Å². The highest BCUT2D eigenvalue weighted by Crippen LogP contribution is 2.30. The maximum atomic E-state index is 13.6. The van der Waals surface area contributed by atoms with E-state index in [1.807, 2.05) is 6.92 Å². The van der Waals surface area contributed by atoms with Crippen LogP contribution in [0.2, 0.25) is 15.1 Å². The number of carbonyl (C=O) groups is 2. The molecule has 0 saturated heterocycles. The number of hydrogen-bond acceptors (Lipinski definition) is 5. The fourth-order valence-corrected chi connectivity index (χ4v) is 4.94. The topological polar surface area (TPSA) is 96.0 Å². The zero-order valence-corrected chi connectivity index (χ0v) is 23.6. The predicted molar refractivity (Wildman–Crippen MR) is 145 cm³/mol. The number of amides is 2. The lowest BCUT2D eigenvalue weighted by Crippen LogP contribution is -2.51. The van der Waals surface area contributed by atoms with Gasteiger partial charge in [-0.25, -0.2) is 8.42 Å². The minimum absolute atomic E-state index is 0.0296. The van der Waals surface area contributed by atoms with Crippen molar-refractivity contribution in [2.45, 2.75) is 39.3 Å². The maximum Gasteiger partial charge on any atom is 0.244 e. The molecule has 2 aromatic rings. The zero-order valence-electron chi connectivity index (χ0n) is 20.6. The molecule has 1 atom stereocenters. The van der Waals surface area contributed by atoms with E-state index in [0.29, 0.717) is 27.9 Å². The molecular weight excluding hydrogens is 549 g/mol. The van der Waals surface area contributed by atoms with E-state index in [2.05, 4.69) is 5.32 Å². The number of hydrogen-bond donors (Lipinski definition) is 1. The van der Waals surface area contributed by atoms with Gasteiger partial charge in [0.1, 0.15) is 18.3 Å². The van der Waals surface area contributed by atoms with E-state index in [0.717, 1.165) is 23.4 Å². The van der Waals surface area contributed by atoms with Gasteiger partial charge in [0, 0.05) is 23.1 Å². The summed E-state index contributed by atoms with van der Waals surface area (Å²) in [7, 11) is -2.45. The van der Waals surface area contributed by atoms with Gasteiger partial charge in [0.05, 0.1) is 24.1 Å². The molecule has 0 bridgehead atoms. The van der Waals surface area contributed by atoms with Gasteiger partial charge < -0.3 is 15.0 Å². The van der Waals surface area contributed by atoms with Gasteiger partial charge in [-0.05, 0) is 49.2 Å². The van der Waals surface area contributed by atoms with Crippen molar-refractivity contribution >= 4 is 62.3 Å². The number of anilines is 1. The summed E-state index contributed by atoms with van der Waals surface area (Å²) >= 11 is 18.5. The lowest BCUT2D eigenvalue weighted by Gasteiger charge is -2.31. The standard InChI is InChI=1S/C24H30Cl3N3O5S/c1-5-6-11-28-24(32)16(2)29(14-17-7-8-18(25)12-20(17)26)23(31)15-30(36(4,33)34)19-9-10-22(35-3)21(27)13-19/h7-10,12-13,16H,5-6,11,14-15H2,1-4H3,(H,28,32). The Labute approximate surface area is 227 Å². The Balaban J connectivity index is 2.41. The van der Waals surface area contributed by atoms with E-state index < -0.39 is 28.5 Å². The van der Waals surface area contributed by atoms with Crippen molar-refractivity contribution in [2.75, 3.05) is 30.8 Å². The number of halogens is 3. The van der Waals surface area contributed by atoms with Crippen LogP contribution in [0, 0.1) is 0 Å². The minimum atomic E-state index is -3.89. The summed E-state index contributed by atoms with van der Waals surface area (Å²) in [6.45, 7) is 3.46. The molecule has 1 N–H and O–H groups in total. The van der Waals surface area contributed by atoms with Crippen LogP contribution in [-0.2, 0) is 26.2 Å². The lowest BCUT2D eigenvalue weighted by molar-refractivity contribution is -0.139. The van der Waals surface area contributed by atoms with Gasteiger partial charge in [0.25, 0.3) is 0 Å². The number of methoxy groups -OCH3 is 1. The first-order valence-electron chi connectivity index (χ1n) is 11.2. The van der Waals surface area contributed by atoms with Gasteiger partial charge in [-0.3, -0.25) is 13.9 Å². The van der Waals surface area contributed by atoms with Crippen molar-refractivity contribution < 1.29 is 22.7 Å². The zero-order chi connectivity index (χ0) is 27.0. The first-order valence-corrected chi connectivity index (χ1v) is 14.2. The minimum Gasteiger partial charge on any atom is -0.495 e. The Morgan fingerprint density at radius 3 is 2.33 bits per heavy atom. The average molecular weight is 579 g/mol. The van der Waals surface area contributed by atoms with Crippen LogP contribution in [0.5, 0.6) is 5.75 Å². The fourth-order valence-electron chi connectivity index (χ4n) is 3.38.